The Balaban J connectivity index is 1.88. The van der Waals surface area contributed by atoms with Crippen LogP contribution in [0.3, 0.4) is 0 Å². The van der Waals surface area contributed by atoms with Crippen molar-refractivity contribution in [3.05, 3.63) is 59.2 Å². The van der Waals surface area contributed by atoms with Crippen LogP contribution in [0, 0.1) is 0 Å². The molecular formula is C20H19NO5. The standard InChI is InChI=1S/C20H19NO5/c1-25-16-9-14(10-17(26-2)19(16)23)8-15-11-18(22)21(20(15)24)12-13-6-4-3-5-7-13/h3-10,23H,11-12H2,1-2H3. The summed E-state index contributed by atoms with van der Waals surface area (Å²) in [4.78, 5) is 26.1. The summed E-state index contributed by atoms with van der Waals surface area (Å²) in [5, 5.41) is 9.97. The van der Waals surface area contributed by atoms with Crippen LogP contribution in [-0.4, -0.2) is 36.0 Å². The van der Waals surface area contributed by atoms with Gasteiger partial charge in [0.1, 0.15) is 0 Å². The van der Waals surface area contributed by atoms with Crippen molar-refractivity contribution in [2.75, 3.05) is 14.2 Å². The number of likely N-dealkylation sites (tertiary alicyclic amines) is 1. The lowest BCUT2D eigenvalue weighted by Gasteiger charge is -2.13. The zero-order chi connectivity index (χ0) is 18.7. The van der Waals surface area contributed by atoms with Gasteiger partial charge < -0.3 is 14.6 Å². The molecule has 1 fully saturated rings. The number of imide groups is 1. The first kappa shape index (κ1) is 17.5. The molecule has 6 heteroatoms. The van der Waals surface area contributed by atoms with Gasteiger partial charge in [0, 0.05) is 5.57 Å². The Kier molecular flexibility index (Phi) is 4.93. The van der Waals surface area contributed by atoms with Crippen LogP contribution < -0.4 is 9.47 Å². The van der Waals surface area contributed by atoms with Crippen molar-refractivity contribution in [2.45, 2.75) is 13.0 Å². The van der Waals surface area contributed by atoms with E-state index in [-0.39, 0.29) is 42.0 Å². The monoisotopic (exact) mass is 353 g/mol. The molecule has 134 valence electrons. The highest BCUT2D eigenvalue weighted by Gasteiger charge is 2.33. The summed E-state index contributed by atoms with van der Waals surface area (Å²) in [5.74, 6) is -0.201. The van der Waals surface area contributed by atoms with Crippen molar-refractivity contribution in [1.82, 2.24) is 4.90 Å². The first-order chi connectivity index (χ1) is 12.5. The van der Waals surface area contributed by atoms with Crippen LogP contribution in [0.2, 0.25) is 0 Å². The third-order valence-corrected chi connectivity index (χ3v) is 4.19. The highest BCUT2D eigenvalue weighted by Crippen LogP contribution is 2.38. The van der Waals surface area contributed by atoms with Gasteiger partial charge >= 0.3 is 0 Å². The van der Waals surface area contributed by atoms with E-state index in [2.05, 4.69) is 0 Å². The predicted octanol–water partition coefficient (Wildman–Crippen LogP) is 2.75. The van der Waals surface area contributed by atoms with Crippen LogP contribution in [0.25, 0.3) is 6.08 Å². The fraction of sp³-hybridized carbons (Fsp3) is 0.200. The molecule has 3 rings (SSSR count). The molecule has 6 nitrogen and oxygen atoms in total. The van der Waals surface area contributed by atoms with Gasteiger partial charge in [-0.15, -0.1) is 0 Å². The maximum Gasteiger partial charge on any atom is 0.257 e. The van der Waals surface area contributed by atoms with Gasteiger partial charge in [0.25, 0.3) is 5.91 Å². The number of carbonyl (C=O) groups is 2. The average molecular weight is 353 g/mol. The lowest BCUT2D eigenvalue weighted by Crippen LogP contribution is -2.28. The highest BCUT2D eigenvalue weighted by molar-refractivity contribution is 6.15. The smallest absolute Gasteiger partial charge is 0.257 e. The van der Waals surface area contributed by atoms with E-state index in [0.29, 0.717) is 11.1 Å². The molecule has 1 aliphatic rings. The van der Waals surface area contributed by atoms with E-state index in [9.17, 15) is 14.7 Å². The molecule has 1 aliphatic heterocycles. The molecule has 2 amide bonds. The number of phenolic OH excluding ortho intramolecular Hbond substituents is 1. The van der Waals surface area contributed by atoms with E-state index in [0.717, 1.165) is 5.56 Å². The zero-order valence-corrected chi connectivity index (χ0v) is 14.6. The molecular weight excluding hydrogens is 334 g/mol. The highest BCUT2D eigenvalue weighted by atomic mass is 16.5. The van der Waals surface area contributed by atoms with Gasteiger partial charge in [0.05, 0.1) is 27.2 Å². The summed E-state index contributed by atoms with van der Waals surface area (Å²) in [7, 11) is 2.86. The molecule has 2 aromatic carbocycles. The molecule has 26 heavy (non-hydrogen) atoms. The number of phenols is 1. The summed E-state index contributed by atoms with van der Waals surface area (Å²) in [5.41, 5.74) is 1.89. The Morgan fingerprint density at radius 1 is 1.08 bits per heavy atom. The number of rotatable bonds is 5. The molecule has 0 spiro atoms. The Morgan fingerprint density at radius 3 is 2.27 bits per heavy atom. The topological polar surface area (TPSA) is 76.1 Å². The first-order valence-corrected chi connectivity index (χ1v) is 8.07. The number of aromatic hydroxyl groups is 1. The van der Waals surface area contributed by atoms with Crippen molar-refractivity contribution in [2.24, 2.45) is 0 Å². The van der Waals surface area contributed by atoms with Gasteiger partial charge in [-0.2, -0.15) is 0 Å². The van der Waals surface area contributed by atoms with Gasteiger partial charge in [-0.1, -0.05) is 30.3 Å². The first-order valence-electron chi connectivity index (χ1n) is 8.07. The van der Waals surface area contributed by atoms with E-state index in [1.165, 1.54) is 19.1 Å². The van der Waals surface area contributed by atoms with E-state index in [1.807, 2.05) is 30.3 Å². The van der Waals surface area contributed by atoms with Gasteiger partial charge in [-0.3, -0.25) is 14.5 Å². The minimum absolute atomic E-state index is 0.0389. The lowest BCUT2D eigenvalue weighted by molar-refractivity contribution is -0.138. The second-order valence-corrected chi connectivity index (χ2v) is 5.89. The van der Waals surface area contributed by atoms with Crippen molar-refractivity contribution in [3.63, 3.8) is 0 Å². The van der Waals surface area contributed by atoms with Crippen LogP contribution in [0.15, 0.2) is 48.0 Å². The number of methoxy groups -OCH3 is 2. The van der Waals surface area contributed by atoms with E-state index >= 15 is 0 Å². The van der Waals surface area contributed by atoms with Gasteiger partial charge in [0.2, 0.25) is 11.7 Å². The van der Waals surface area contributed by atoms with Gasteiger partial charge in [-0.25, -0.2) is 0 Å². The number of hydrogen-bond donors (Lipinski definition) is 1. The minimum atomic E-state index is -0.315. The predicted molar refractivity (Wildman–Crippen MR) is 95.8 cm³/mol. The van der Waals surface area contributed by atoms with Crippen LogP contribution in [0.1, 0.15) is 17.5 Å². The van der Waals surface area contributed by atoms with Gasteiger partial charge in [-0.05, 0) is 29.3 Å². The van der Waals surface area contributed by atoms with Crippen molar-refractivity contribution < 1.29 is 24.2 Å². The molecule has 1 saturated heterocycles. The molecule has 2 aromatic rings. The number of hydrogen-bond acceptors (Lipinski definition) is 5. The molecule has 0 aliphatic carbocycles. The SMILES string of the molecule is COc1cc(C=C2CC(=O)N(Cc3ccccc3)C2=O)cc(OC)c1O. The zero-order valence-electron chi connectivity index (χ0n) is 14.6. The van der Waals surface area contributed by atoms with Crippen LogP contribution in [0.5, 0.6) is 17.2 Å². The number of amides is 2. The van der Waals surface area contributed by atoms with Crippen LogP contribution in [-0.2, 0) is 16.1 Å². The average Bonchev–Trinajstić information content (AvgIpc) is 2.91. The number of benzene rings is 2. The van der Waals surface area contributed by atoms with E-state index < -0.39 is 0 Å². The Morgan fingerprint density at radius 2 is 1.69 bits per heavy atom. The molecule has 0 radical (unpaired) electrons. The fourth-order valence-electron chi connectivity index (χ4n) is 2.86. The van der Waals surface area contributed by atoms with Crippen molar-refractivity contribution in [3.8, 4) is 17.2 Å². The number of ether oxygens (including phenoxy) is 2. The second kappa shape index (κ2) is 7.31. The lowest BCUT2D eigenvalue weighted by atomic mass is 10.1. The molecule has 1 heterocycles. The normalized spacial score (nSPS) is 15.6. The molecule has 0 aromatic heterocycles. The van der Waals surface area contributed by atoms with Gasteiger partial charge in [0.15, 0.2) is 11.5 Å². The maximum absolute atomic E-state index is 12.6. The quantitative estimate of drug-likeness (QED) is 0.661. The number of nitrogens with zero attached hydrogens (tertiary/aromatic N) is 1. The minimum Gasteiger partial charge on any atom is -0.502 e. The van der Waals surface area contributed by atoms with E-state index in [1.54, 1.807) is 18.2 Å². The molecule has 0 bridgehead atoms. The third kappa shape index (κ3) is 3.39. The molecule has 0 saturated carbocycles. The Labute approximate surface area is 151 Å². The summed E-state index contributed by atoms with van der Waals surface area (Å²) >= 11 is 0. The molecule has 1 N–H and O–H groups in total. The Bertz CT molecular complexity index is 848. The Hall–Kier alpha value is -3.28. The summed E-state index contributed by atoms with van der Waals surface area (Å²) < 4.78 is 10.2. The van der Waals surface area contributed by atoms with Crippen LogP contribution in [0.4, 0.5) is 0 Å². The summed E-state index contributed by atoms with van der Waals surface area (Å²) in [6, 6.07) is 12.5. The third-order valence-electron chi connectivity index (χ3n) is 4.19. The van der Waals surface area contributed by atoms with Crippen LogP contribution >= 0.6 is 0 Å². The fourth-order valence-corrected chi connectivity index (χ4v) is 2.86. The maximum atomic E-state index is 12.6. The van der Waals surface area contributed by atoms with Crippen molar-refractivity contribution >= 4 is 17.9 Å². The van der Waals surface area contributed by atoms with Crippen molar-refractivity contribution in [1.29, 1.82) is 0 Å². The summed E-state index contributed by atoms with van der Waals surface area (Å²) in [6.07, 6.45) is 1.66. The summed E-state index contributed by atoms with van der Waals surface area (Å²) in [6.45, 7) is 0.248. The largest absolute Gasteiger partial charge is 0.502 e. The molecule has 0 unspecified atom stereocenters. The number of carbonyl (C=O) groups excluding carboxylic acids is 2. The van der Waals surface area contributed by atoms with E-state index in [4.69, 9.17) is 9.47 Å². The second-order valence-electron chi connectivity index (χ2n) is 5.89. The molecule has 0 atom stereocenters.